The van der Waals surface area contributed by atoms with Crippen LogP contribution in [0, 0.1) is 16.6 Å². The number of nitrogens with one attached hydrogen (secondary N) is 1. The first-order valence-electron chi connectivity index (χ1n) is 8.49. The molecule has 5 rings (SSSR count). The highest BCUT2D eigenvalue weighted by molar-refractivity contribution is 7.71. The molecule has 3 aromatic rings. The maximum atomic E-state index is 12.7. The molecule has 2 aliphatic rings. The molecule has 2 aromatic heterocycles. The molecule has 1 fully saturated rings. The van der Waals surface area contributed by atoms with Gasteiger partial charge in [0.15, 0.2) is 10.6 Å². The van der Waals surface area contributed by atoms with Gasteiger partial charge in [-0.2, -0.15) is 10.2 Å². The van der Waals surface area contributed by atoms with E-state index in [1.54, 1.807) is 6.20 Å². The highest BCUT2D eigenvalue weighted by atomic mass is 32.1. The maximum Gasteiger partial charge on any atom is 0.275 e. The zero-order valence-corrected chi connectivity index (χ0v) is 14.3. The van der Waals surface area contributed by atoms with Gasteiger partial charge in [0.2, 0.25) is 0 Å². The lowest BCUT2D eigenvalue weighted by atomic mass is 10.0. The minimum Gasteiger partial charge on any atom is -0.299 e. The monoisotopic (exact) mass is 351 g/mol. The Hall–Kier alpha value is -2.54. The molecule has 2 heterocycles. The molecule has 0 amide bonds. The van der Waals surface area contributed by atoms with Gasteiger partial charge in [-0.1, -0.05) is 30.4 Å². The molecule has 25 heavy (non-hydrogen) atoms. The second-order valence-corrected chi connectivity index (χ2v) is 7.24. The summed E-state index contributed by atoms with van der Waals surface area (Å²) in [6, 6.07) is 7.82. The van der Waals surface area contributed by atoms with Crippen LogP contribution in [0.5, 0.6) is 0 Å². The second kappa shape index (κ2) is 5.49. The lowest BCUT2D eigenvalue weighted by Gasteiger charge is -2.21. The topological polar surface area (TPSA) is 68.5 Å². The molecule has 6 nitrogen and oxygen atoms in total. The summed E-state index contributed by atoms with van der Waals surface area (Å²) in [6.07, 6.45) is 8.59. The van der Waals surface area contributed by atoms with Gasteiger partial charge < -0.3 is 0 Å². The minimum atomic E-state index is -0.105. The molecule has 1 saturated carbocycles. The maximum absolute atomic E-state index is 12.7. The molecule has 0 spiro atoms. The van der Waals surface area contributed by atoms with Crippen molar-refractivity contribution in [3.05, 3.63) is 63.6 Å². The fourth-order valence-electron chi connectivity index (χ4n) is 4.21. The average molecular weight is 351 g/mol. The number of hydrogen-bond donors (Lipinski definition) is 1. The third kappa shape index (κ3) is 2.30. The Bertz CT molecular complexity index is 1110. The van der Waals surface area contributed by atoms with Crippen LogP contribution in [0.25, 0.3) is 10.8 Å². The molecule has 0 radical (unpaired) electrons. The number of fused-ring (bicyclic) bond motifs is 3. The van der Waals surface area contributed by atoms with Crippen LogP contribution in [-0.2, 0) is 6.54 Å². The van der Waals surface area contributed by atoms with E-state index in [1.807, 2.05) is 24.3 Å². The van der Waals surface area contributed by atoms with Crippen LogP contribution in [0.1, 0.15) is 24.7 Å². The van der Waals surface area contributed by atoms with Gasteiger partial charge in [-0.05, 0) is 43.0 Å². The molecule has 2 aliphatic carbocycles. The van der Waals surface area contributed by atoms with Gasteiger partial charge in [0, 0.05) is 11.4 Å². The number of allylic oxidation sites excluding steroid dienone is 2. The number of H-pyrrole nitrogens is 1. The number of aromatic nitrogens is 5. The van der Waals surface area contributed by atoms with Crippen molar-refractivity contribution in [1.29, 1.82) is 0 Å². The Balaban J connectivity index is 1.56. The third-order valence-corrected chi connectivity index (χ3v) is 5.69. The molecule has 1 N–H and O–H groups in total. The number of nitrogens with zero attached hydrogens (tertiary/aromatic N) is 4. The minimum absolute atomic E-state index is 0.105. The number of benzene rings is 1. The van der Waals surface area contributed by atoms with E-state index in [9.17, 15) is 4.79 Å². The van der Waals surface area contributed by atoms with Crippen LogP contribution in [0.2, 0.25) is 0 Å². The molecular formula is C18H17N5OS. The second-order valence-electron chi connectivity index (χ2n) is 6.86. The summed E-state index contributed by atoms with van der Waals surface area (Å²) in [4.78, 5) is 12.7. The first-order chi connectivity index (χ1) is 12.2. The zero-order chi connectivity index (χ0) is 17.0. The number of hydrogen-bond acceptors (Lipinski definition) is 4. The van der Waals surface area contributed by atoms with Crippen LogP contribution in [-0.4, -0.2) is 24.5 Å². The van der Waals surface area contributed by atoms with Crippen LogP contribution < -0.4 is 5.56 Å². The van der Waals surface area contributed by atoms with Crippen molar-refractivity contribution in [2.45, 2.75) is 25.4 Å². The van der Waals surface area contributed by atoms with Crippen molar-refractivity contribution < 1.29 is 0 Å². The Labute approximate surface area is 148 Å². The summed E-state index contributed by atoms with van der Waals surface area (Å²) < 4.78 is 4.18. The predicted molar refractivity (Wildman–Crippen MR) is 96.9 cm³/mol. The van der Waals surface area contributed by atoms with E-state index in [0.717, 1.165) is 17.6 Å². The van der Waals surface area contributed by atoms with Gasteiger partial charge in [0.25, 0.3) is 5.56 Å². The van der Waals surface area contributed by atoms with Crippen molar-refractivity contribution in [3.8, 4) is 0 Å². The summed E-state index contributed by atoms with van der Waals surface area (Å²) in [5, 5.41) is 13.1. The summed E-state index contributed by atoms with van der Waals surface area (Å²) in [7, 11) is 0. The molecule has 7 heteroatoms. The van der Waals surface area contributed by atoms with E-state index < -0.39 is 0 Å². The van der Waals surface area contributed by atoms with Gasteiger partial charge in [0.05, 0.1) is 11.6 Å². The van der Waals surface area contributed by atoms with Crippen molar-refractivity contribution in [1.82, 2.24) is 24.5 Å². The molecular weight excluding hydrogens is 334 g/mol. The number of aromatic amines is 1. The Morgan fingerprint density at radius 3 is 2.92 bits per heavy atom. The molecule has 1 aromatic carbocycles. The van der Waals surface area contributed by atoms with E-state index in [-0.39, 0.29) is 5.56 Å². The summed E-state index contributed by atoms with van der Waals surface area (Å²) >= 11 is 5.46. The number of rotatable bonds is 3. The molecule has 0 aliphatic heterocycles. The van der Waals surface area contributed by atoms with Crippen LogP contribution in [0.15, 0.2) is 47.4 Å². The Morgan fingerprint density at radius 2 is 2.12 bits per heavy atom. The predicted octanol–water partition coefficient (Wildman–Crippen LogP) is 2.84. The lowest BCUT2D eigenvalue weighted by molar-refractivity contribution is 0.407. The molecule has 126 valence electrons. The van der Waals surface area contributed by atoms with Gasteiger partial charge in [-0.25, -0.2) is 4.68 Å². The molecule has 0 unspecified atom stereocenters. The van der Waals surface area contributed by atoms with Crippen molar-refractivity contribution in [3.63, 3.8) is 0 Å². The zero-order valence-electron chi connectivity index (χ0n) is 13.5. The van der Waals surface area contributed by atoms with Crippen LogP contribution >= 0.6 is 12.2 Å². The lowest BCUT2D eigenvalue weighted by Crippen LogP contribution is -2.26. The first kappa shape index (κ1) is 14.8. The fourth-order valence-corrected chi connectivity index (χ4v) is 4.50. The molecule has 3 atom stereocenters. The third-order valence-electron chi connectivity index (χ3n) is 5.41. The fraction of sp³-hybridized carbons (Fsp3) is 0.333. The SMILES string of the molecule is O=c1c2ccccc2cnn1Cc1n[nH]c(=S)n1[C@@H]1C[C@@H]2C=C[C@@H]1C2. The van der Waals surface area contributed by atoms with Crippen LogP contribution in [0.4, 0.5) is 0 Å². The molecule has 2 bridgehead atoms. The quantitative estimate of drug-likeness (QED) is 0.582. The summed E-state index contributed by atoms with van der Waals surface area (Å²) in [5.74, 6) is 1.91. The summed E-state index contributed by atoms with van der Waals surface area (Å²) in [6.45, 7) is 0.314. The smallest absolute Gasteiger partial charge is 0.275 e. The van der Waals surface area contributed by atoms with E-state index in [0.29, 0.717) is 34.6 Å². The van der Waals surface area contributed by atoms with E-state index in [4.69, 9.17) is 12.2 Å². The summed E-state index contributed by atoms with van der Waals surface area (Å²) in [5.41, 5.74) is -0.105. The Kier molecular flexibility index (Phi) is 3.24. The Morgan fingerprint density at radius 1 is 1.24 bits per heavy atom. The average Bonchev–Trinajstić information content (AvgIpc) is 3.33. The van der Waals surface area contributed by atoms with Crippen LogP contribution in [0.3, 0.4) is 0 Å². The van der Waals surface area contributed by atoms with Gasteiger partial charge in [-0.3, -0.25) is 14.5 Å². The van der Waals surface area contributed by atoms with Crippen molar-refractivity contribution in [2.75, 3.05) is 0 Å². The van der Waals surface area contributed by atoms with E-state index in [2.05, 4.69) is 32.0 Å². The van der Waals surface area contributed by atoms with Gasteiger partial charge in [-0.15, -0.1) is 0 Å². The van der Waals surface area contributed by atoms with Crippen molar-refractivity contribution >= 4 is 23.0 Å². The van der Waals surface area contributed by atoms with Gasteiger partial charge in [0.1, 0.15) is 6.54 Å². The van der Waals surface area contributed by atoms with E-state index >= 15 is 0 Å². The highest BCUT2D eigenvalue weighted by Crippen LogP contribution is 2.46. The normalized spacial score (nSPS) is 24.4. The largest absolute Gasteiger partial charge is 0.299 e. The van der Waals surface area contributed by atoms with Crippen molar-refractivity contribution in [2.24, 2.45) is 11.8 Å². The van der Waals surface area contributed by atoms with Gasteiger partial charge >= 0.3 is 0 Å². The molecule has 0 saturated heterocycles. The standard InChI is InChI=1S/C18H17N5OS/c24-17-14-4-2-1-3-13(14)9-19-22(17)10-16-20-21-18(25)23(16)15-8-11-5-6-12(15)7-11/h1-6,9,11-12,15H,7-8,10H2,(H,21,25)/t11-,12-,15-/m1/s1. The highest BCUT2D eigenvalue weighted by Gasteiger charge is 2.38. The first-order valence-corrected chi connectivity index (χ1v) is 8.90. The van der Waals surface area contributed by atoms with E-state index in [1.165, 1.54) is 11.1 Å².